The quantitative estimate of drug-likeness (QED) is 0.255. The summed E-state index contributed by atoms with van der Waals surface area (Å²) in [5.41, 5.74) is 3.21. The summed E-state index contributed by atoms with van der Waals surface area (Å²) in [6.07, 6.45) is 9.40. The second-order valence-corrected chi connectivity index (χ2v) is 10.7. The van der Waals surface area contributed by atoms with Crippen LogP contribution in [0.1, 0.15) is 23.6 Å². The van der Waals surface area contributed by atoms with E-state index in [0.717, 1.165) is 17.8 Å². The van der Waals surface area contributed by atoms with Crippen LogP contribution in [0.15, 0.2) is 67.1 Å². The van der Waals surface area contributed by atoms with Gasteiger partial charge in [-0.3, -0.25) is 14.6 Å². The molecule has 2 N–H and O–H groups in total. The fraction of sp³-hybridized carbons (Fsp3) is 0.364. The molecule has 3 heterocycles. The Bertz CT molecular complexity index is 1490. The maximum atomic E-state index is 12.9. The Kier molecular flexibility index (Phi) is 11.8. The second kappa shape index (κ2) is 16.2. The van der Waals surface area contributed by atoms with Gasteiger partial charge in [-0.1, -0.05) is 24.0 Å². The highest BCUT2D eigenvalue weighted by molar-refractivity contribution is 5.98. The van der Waals surface area contributed by atoms with Crippen molar-refractivity contribution in [2.24, 2.45) is 0 Å². The number of nitrogens with one attached hydrogen (secondary N) is 2. The molecule has 1 saturated heterocycles. The maximum absolute atomic E-state index is 12.9. The van der Waals surface area contributed by atoms with Gasteiger partial charge in [0.2, 0.25) is 17.8 Å². The summed E-state index contributed by atoms with van der Waals surface area (Å²) in [5, 5.41) is 6.22. The van der Waals surface area contributed by atoms with Crippen LogP contribution >= 0.6 is 0 Å². The van der Waals surface area contributed by atoms with Crippen LogP contribution in [0, 0.1) is 11.8 Å². The minimum Gasteiger partial charge on any atom is -0.378 e. The monoisotopic (exact) mass is 596 g/mol. The summed E-state index contributed by atoms with van der Waals surface area (Å²) in [4.78, 5) is 44.3. The van der Waals surface area contributed by atoms with Crippen LogP contribution in [0.2, 0.25) is 0 Å². The maximum Gasteiger partial charge on any atom is 0.246 e. The van der Waals surface area contributed by atoms with Crippen molar-refractivity contribution in [3.05, 3.63) is 83.8 Å². The van der Waals surface area contributed by atoms with Crippen LogP contribution in [0.5, 0.6) is 0 Å². The standard InChI is InChI=1S/C33H40N8O3/c1-25(40(4)30(42)9-6-18-39(2)3)32(43)37-29-8-5-7-27(23-29)10-11-28-24-36-33(35-17-14-26-12-15-34-16-13-26)38-31(28)41-19-21-44-22-20-41/h5-9,12-13,15-16,23-25H,14,17-22H2,1-4H3,(H,37,43)(H,35,36,38)/t25-/m0/s1. The first-order chi connectivity index (χ1) is 21.3. The molecule has 0 spiro atoms. The Labute approximate surface area is 259 Å². The molecule has 0 aliphatic carbocycles. The summed E-state index contributed by atoms with van der Waals surface area (Å²) in [6, 6.07) is 10.6. The first kappa shape index (κ1) is 32.1. The SMILES string of the molecule is C[C@@H](C(=O)Nc1cccc(C#Cc2cnc(NCCc3ccncc3)nc2N2CCOCC2)c1)N(C)C(=O)C=CCN(C)C. The van der Waals surface area contributed by atoms with E-state index in [0.29, 0.717) is 56.6 Å². The van der Waals surface area contributed by atoms with Gasteiger partial charge in [0, 0.05) is 62.9 Å². The second-order valence-electron chi connectivity index (χ2n) is 10.7. The molecule has 3 aromatic rings. The van der Waals surface area contributed by atoms with Gasteiger partial charge in [-0.25, -0.2) is 4.98 Å². The van der Waals surface area contributed by atoms with Crippen molar-refractivity contribution in [2.45, 2.75) is 19.4 Å². The number of rotatable bonds is 11. The zero-order valence-corrected chi connectivity index (χ0v) is 25.8. The number of pyridine rings is 1. The molecule has 4 rings (SSSR count). The normalized spacial score (nSPS) is 13.7. The lowest BCUT2D eigenvalue weighted by Crippen LogP contribution is -2.42. The van der Waals surface area contributed by atoms with Crippen LogP contribution in [-0.2, 0) is 20.7 Å². The lowest BCUT2D eigenvalue weighted by molar-refractivity contribution is -0.132. The number of hydrogen-bond acceptors (Lipinski definition) is 9. The summed E-state index contributed by atoms with van der Waals surface area (Å²) < 4.78 is 5.55. The Hall–Kier alpha value is -4.79. The van der Waals surface area contributed by atoms with Crippen LogP contribution in [-0.4, -0.2) is 103 Å². The number of carbonyl (C=O) groups excluding carboxylic acids is 2. The molecule has 2 amide bonds. The highest BCUT2D eigenvalue weighted by Gasteiger charge is 2.21. The Morgan fingerprint density at radius 2 is 1.89 bits per heavy atom. The summed E-state index contributed by atoms with van der Waals surface area (Å²) in [6.45, 7) is 5.69. The molecule has 230 valence electrons. The Morgan fingerprint density at radius 3 is 2.64 bits per heavy atom. The van der Waals surface area contributed by atoms with Gasteiger partial charge in [-0.05, 0) is 63.3 Å². The van der Waals surface area contributed by atoms with Gasteiger partial charge in [0.1, 0.15) is 11.9 Å². The van der Waals surface area contributed by atoms with Crippen molar-refractivity contribution in [3.8, 4) is 11.8 Å². The molecule has 0 radical (unpaired) electrons. The molecule has 0 saturated carbocycles. The fourth-order valence-corrected chi connectivity index (χ4v) is 4.34. The van der Waals surface area contributed by atoms with Gasteiger partial charge >= 0.3 is 0 Å². The molecule has 11 nitrogen and oxygen atoms in total. The third kappa shape index (κ3) is 9.62. The summed E-state index contributed by atoms with van der Waals surface area (Å²) >= 11 is 0. The van der Waals surface area contributed by atoms with E-state index < -0.39 is 6.04 Å². The lowest BCUT2D eigenvalue weighted by atomic mass is 10.1. The van der Waals surface area contributed by atoms with Crippen LogP contribution in [0.4, 0.5) is 17.5 Å². The number of ether oxygens (including phenoxy) is 1. The van der Waals surface area contributed by atoms with Crippen LogP contribution in [0.25, 0.3) is 0 Å². The molecule has 44 heavy (non-hydrogen) atoms. The van der Waals surface area contributed by atoms with Gasteiger partial charge in [0.15, 0.2) is 0 Å². The number of carbonyl (C=O) groups is 2. The first-order valence-electron chi connectivity index (χ1n) is 14.6. The van der Waals surface area contributed by atoms with E-state index in [1.165, 1.54) is 16.5 Å². The number of anilines is 3. The number of hydrogen-bond donors (Lipinski definition) is 2. The van der Waals surface area contributed by atoms with E-state index in [-0.39, 0.29) is 11.8 Å². The average Bonchev–Trinajstić information content (AvgIpc) is 3.04. The third-order valence-electron chi connectivity index (χ3n) is 7.04. The van der Waals surface area contributed by atoms with Crippen LogP contribution in [0.3, 0.4) is 0 Å². The lowest BCUT2D eigenvalue weighted by Gasteiger charge is -2.28. The zero-order chi connectivity index (χ0) is 31.3. The van der Waals surface area contributed by atoms with Gasteiger partial charge in [-0.15, -0.1) is 0 Å². The van der Waals surface area contributed by atoms with E-state index in [1.807, 2.05) is 43.3 Å². The molecule has 1 atom stereocenters. The molecule has 1 aliphatic heterocycles. The van der Waals surface area contributed by atoms with Gasteiger partial charge in [0.05, 0.1) is 25.0 Å². The number of benzene rings is 1. The smallest absolute Gasteiger partial charge is 0.246 e. The molecule has 1 fully saturated rings. The van der Waals surface area contributed by atoms with Crippen molar-refractivity contribution in [1.82, 2.24) is 24.8 Å². The van der Waals surface area contributed by atoms with Gasteiger partial charge in [0.25, 0.3) is 0 Å². The highest BCUT2D eigenvalue weighted by atomic mass is 16.5. The minimum absolute atomic E-state index is 0.234. The van der Waals surface area contributed by atoms with E-state index in [4.69, 9.17) is 9.72 Å². The summed E-state index contributed by atoms with van der Waals surface area (Å²) in [7, 11) is 5.46. The molecule has 2 aromatic heterocycles. The van der Waals surface area contributed by atoms with Crippen molar-refractivity contribution in [2.75, 3.05) is 76.1 Å². The first-order valence-corrected chi connectivity index (χ1v) is 14.6. The Morgan fingerprint density at radius 1 is 1.11 bits per heavy atom. The largest absolute Gasteiger partial charge is 0.378 e. The predicted molar refractivity (Wildman–Crippen MR) is 172 cm³/mol. The molecular weight excluding hydrogens is 556 g/mol. The van der Waals surface area contributed by atoms with Crippen molar-refractivity contribution in [1.29, 1.82) is 0 Å². The van der Waals surface area contributed by atoms with Crippen molar-refractivity contribution in [3.63, 3.8) is 0 Å². The number of morpholine rings is 1. The highest BCUT2D eigenvalue weighted by Crippen LogP contribution is 2.20. The number of aromatic nitrogens is 3. The molecular formula is C33H40N8O3. The van der Waals surface area contributed by atoms with Crippen molar-refractivity contribution >= 4 is 29.3 Å². The van der Waals surface area contributed by atoms with Crippen molar-refractivity contribution < 1.29 is 14.3 Å². The Balaban J connectivity index is 1.44. The molecule has 1 aliphatic rings. The molecule has 11 heteroatoms. The predicted octanol–water partition coefficient (Wildman–Crippen LogP) is 2.67. The van der Waals surface area contributed by atoms with Crippen LogP contribution < -0.4 is 15.5 Å². The fourth-order valence-electron chi connectivity index (χ4n) is 4.34. The number of nitrogens with zero attached hydrogens (tertiary/aromatic N) is 6. The van der Waals surface area contributed by atoms with E-state index >= 15 is 0 Å². The topological polar surface area (TPSA) is 116 Å². The van der Waals surface area contributed by atoms with E-state index in [2.05, 4.69) is 37.3 Å². The average molecular weight is 597 g/mol. The number of likely N-dealkylation sites (N-methyl/N-ethyl adjacent to an activating group) is 2. The minimum atomic E-state index is -0.661. The third-order valence-corrected chi connectivity index (χ3v) is 7.04. The summed E-state index contributed by atoms with van der Waals surface area (Å²) in [5.74, 6) is 7.21. The van der Waals surface area contributed by atoms with Gasteiger partial charge in [-0.2, -0.15) is 4.98 Å². The molecule has 0 bridgehead atoms. The van der Waals surface area contributed by atoms with E-state index in [9.17, 15) is 9.59 Å². The molecule has 0 unspecified atom stereocenters. The van der Waals surface area contributed by atoms with Gasteiger partial charge < -0.3 is 30.1 Å². The zero-order valence-electron chi connectivity index (χ0n) is 25.8. The molecule has 1 aromatic carbocycles. The number of amides is 2. The van der Waals surface area contributed by atoms with E-state index in [1.54, 1.807) is 50.8 Å².